The number of amides is 1. The fourth-order valence-electron chi connectivity index (χ4n) is 0.751. The minimum absolute atomic E-state index is 0.0434. The molecule has 1 aliphatic heterocycles. The zero-order chi connectivity index (χ0) is 6.69. The van der Waals surface area contributed by atoms with Gasteiger partial charge in [-0.25, -0.2) is 4.99 Å². The van der Waals surface area contributed by atoms with Gasteiger partial charge in [0.1, 0.15) is 0 Å². The van der Waals surface area contributed by atoms with Crippen molar-refractivity contribution in [1.29, 1.82) is 0 Å². The van der Waals surface area contributed by atoms with Crippen molar-refractivity contribution >= 4 is 23.2 Å². The molecule has 3 heteroatoms. The number of hydrogen-bond donors (Lipinski definition) is 0. The summed E-state index contributed by atoms with van der Waals surface area (Å²) in [6.07, 6.45) is 2.02. The van der Waals surface area contributed by atoms with Crippen molar-refractivity contribution in [3.8, 4) is 0 Å². The number of carbonyl (C=O) groups excluding carboxylic acids is 1. The molecular weight excluding hydrogens is 134 g/mol. The fourth-order valence-corrected chi connectivity index (χ4v) is 1.61. The molecule has 0 N–H and O–H groups in total. The number of aliphatic imine (C=N–C) groups is 1. The van der Waals surface area contributed by atoms with Crippen LogP contribution in [-0.4, -0.2) is 16.7 Å². The highest BCUT2D eigenvalue weighted by atomic mass is 32.2. The second-order valence-electron chi connectivity index (χ2n) is 1.99. The Labute approximate surface area is 58.7 Å². The normalized spacial score (nSPS) is 25.4. The molecular formula is C6H9NOS. The van der Waals surface area contributed by atoms with Gasteiger partial charge in [-0.3, -0.25) is 4.79 Å². The molecule has 0 fully saturated rings. The van der Waals surface area contributed by atoms with Gasteiger partial charge in [0.15, 0.2) is 0 Å². The van der Waals surface area contributed by atoms with E-state index < -0.39 is 0 Å². The van der Waals surface area contributed by atoms with E-state index in [4.69, 9.17) is 0 Å². The SMILES string of the molecule is CCCC1SC=NC1=O. The summed E-state index contributed by atoms with van der Waals surface area (Å²) in [6.45, 7) is 2.08. The summed E-state index contributed by atoms with van der Waals surface area (Å²) in [5, 5.41) is 0.134. The first-order valence-corrected chi connectivity index (χ1v) is 4.00. The summed E-state index contributed by atoms with van der Waals surface area (Å²) in [5.74, 6) is 0.0434. The van der Waals surface area contributed by atoms with Gasteiger partial charge in [-0.15, -0.1) is 11.8 Å². The predicted molar refractivity (Wildman–Crippen MR) is 39.8 cm³/mol. The van der Waals surface area contributed by atoms with Gasteiger partial charge in [0, 0.05) is 0 Å². The number of thioether (sulfide) groups is 1. The first-order chi connectivity index (χ1) is 4.34. The third-order valence-electron chi connectivity index (χ3n) is 1.23. The van der Waals surface area contributed by atoms with E-state index in [9.17, 15) is 4.79 Å². The van der Waals surface area contributed by atoms with Crippen LogP contribution in [0.5, 0.6) is 0 Å². The van der Waals surface area contributed by atoms with E-state index in [1.54, 1.807) is 5.55 Å². The van der Waals surface area contributed by atoms with Crippen molar-refractivity contribution in [2.75, 3.05) is 0 Å². The summed E-state index contributed by atoms with van der Waals surface area (Å²) in [6, 6.07) is 0. The van der Waals surface area contributed by atoms with Crippen molar-refractivity contribution in [2.24, 2.45) is 4.99 Å². The molecule has 0 aromatic rings. The lowest BCUT2D eigenvalue weighted by Crippen LogP contribution is -2.08. The standard InChI is InChI=1S/C6H9NOS/c1-2-3-5-6(8)7-4-9-5/h4-5H,2-3H2,1H3. The lowest BCUT2D eigenvalue weighted by atomic mass is 10.2. The van der Waals surface area contributed by atoms with Crippen LogP contribution in [0.2, 0.25) is 0 Å². The third kappa shape index (κ3) is 1.55. The summed E-state index contributed by atoms with van der Waals surface area (Å²) < 4.78 is 0. The number of hydrogen-bond acceptors (Lipinski definition) is 2. The van der Waals surface area contributed by atoms with E-state index in [1.165, 1.54) is 11.8 Å². The minimum atomic E-state index is 0.0434. The van der Waals surface area contributed by atoms with Crippen LogP contribution in [0.15, 0.2) is 4.99 Å². The van der Waals surface area contributed by atoms with Crippen LogP contribution in [-0.2, 0) is 4.79 Å². The molecule has 0 saturated carbocycles. The Morgan fingerprint density at radius 1 is 1.89 bits per heavy atom. The minimum Gasteiger partial charge on any atom is -0.271 e. The number of nitrogens with zero attached hydrogens (tertiary/aromatic N) is 1. The van der Waals surface area contributed by atoms with Crippen molar-refractivity contribution < 1.29 is 4.79 Å². The van der Waals surface area contributed by atoms with E-state index >= 15 is 0 Å². The van der Waals surface area contributed by atoms with Crippen LogP contribution >= 0.6 is 11.8 Å². The lowest BCUT2D eigenvalue weighted by Gasteiger charge is -1.99. The van der Waals surface area contributed by atoms with Crippen LogP contribution < -0.4 is 0 Å². The molecule has 1 amide bonds. The van der Waals surface area contributed by atoms with Crippen molar-refractivity contribution in [2.45, 2.75) is 25.0 Å². The molecule has 0 radical (unpaired) electrons. The average Bonchev–Trinajstić information content (AvgIpc) is 2.18. The van der Waals surface area contributed by atoms with Gasteiger partial charge in [0.25, 0.3) is 5.91 Å². The van der Waals surface area contributed by atoms with Crippen molar-refractivity contribution in [1.82, 2.24) is 0 Å². The van der Waals surface area contributed by atoms with E-state index in [2.05, 4.69) is 11.9 Å². The predicted octanol–water partition coefficient (Wildman–Crippen LogP) is 1.46. The molecule has 0 aliphatic carbocycles. The highest BCUT2D eigenvalue weighted by molar-refractivity contribution is 8.13. The lowest BCUT2D eigenvalue weighted by molar-refractivity contribution is -0.117. The van der Waals surface area contributed by atoms with Crippen LogP contribution in [0.1, 0.15) is 19.8 Å². The van der Waals surface area contributed by atoms with Gasteiger partial charge in [0.05, 0.1) is 10.8 Å². The van der Waals surface area contributed by atoms with Gasteiger partial charge in [-0.1, -0.05) is 13.3 Å². The van der Waals surface area contributed by atoms with Crippen molar-refractivity contribution in [3.05, 3.63) is 0 Å². The smallest absolute Gasteiger partial charge is 0.259 e. The van der Waals surface area contributed by atoms with E-state index in [0.29, 0.717) is 0 Å². The van der Waals surface area contributed by atoms with Gasteiger partial charge >= 0.3 is 0 Å². The van der Waals surface area contributed by atoms with Gasteiger partial charge < -0.3 is 0 Å². The fraction of sp³-hybridized carbons (Fsp3) is 0.667. The van der Waals surface area contributed by atoms with Crippen LogP contribution in [0.4, 0.5) is 0 Å². The average molecular weight is 143 g/mol. The Bertz CT molecular complexity index is 144. The van der Waals surface area contributed by atoms with Gasteiger partial charge in [0.2, 0.25) is 0 Å². The molecule has 1 heterocycles. The molecule has 2 nitrogen and oxygen atoms in total. The maximum Gasteiger partial charge on any atom is 0.259 e. The van der Waals surface area contributed by atoms with Crippen LogP contribution in [0, 0.1) is 0 Å². The monoisotopic (exact) mass is 143 g/mol. The maximum atomic E-state index is 10.7. The summed E-state index contributed by atoms with van der Waals surface area (Å²) in [5.41, 5.74) is 1.64. The Morgan fingerprint density at radius 3 is 3.11 bits per heavy atom. The first-order valence-electron chi connectivity index (χ1n) is 3.06. The Morgan fingerprint density at radius 2 is 2.67 bits per heavy atom. The van der Waals surface area contributed by atoms with Crippen LogP contribution in [0.25, 0.3) is 0 Å². The number of carbonyl (C=O) groups is 1. The van der Waals surface area contributed by atoms with E-state index in [1.807, 2.05) is 0 Å². The molecule has 0 spiro atoms. The van der Waals surface area contributed by atoms with E-state index in [-0.39, 0.29) is 11.2 Å². The first kappa shape index (κ1) is 6.81. The Kier molecular flexibility index (Phi) is 2.28. The largest absolute Gasteiger partial charge is 0.271 e. The molecule has 0 saturated heterocycles. The highest BCUT2D eigenvalue weighted by Crippen LogP contribution is 2.20. The molecule has 0 aromatic carbocycles. The zero-order valence-corrected chi connectivity index (χ0v) is 6.15. The topological polar surface area (TPSA) is 29.4 Å². The molecule has 9 heavy (non-hydrogen) atoms. The Balaban J connectivity index is 2.37. The van der Waals surface area contributed by atoms with Gasteiger partial charge in [-0.2, -0.15) is 0 Å². The Hall–Kier alpha value is -0.310. The second-order valence-corrected chi connectivity index (χ2v) is 3.04. The molecule has 0 bridgehead atoms. The molecule has 1 aliphatic rings. The summed E-state index contributed by atoms with van der Waals surface area (Å²) in [4.78, 5) is 14.4. The summed E-state index contributed by atoms with van der Waals surface area (Å²) >= 11 is 1.53. The molecule has 50 valence electrons. The third-order valence-corrected chi connectivity index (χ3v) is 2.22. The molecule has 1 unspecified atom stereocenters. The number of rotatable bonds is 2. The second kappa shape index (κ2) is 3.01. The van der Waals surface area contributed by atoms with Gasteiger partial charge in [-0.05, 0) is 6.42 Å². The highest BCUT2D eigenvalue weighted by Gasteiger charge is 2.20. The van der Waals surface area contributed by atoms with E-state index in [0.717, 1.165) is 12.8 Å². The summed E-state index contributed by atoms with van der Waals surface area (Å²) in [7, 11) is 0. The molecule has 1 atom stereocenters. The van der Waals surface area contributed by atoms with Crippen molar-refractivity contribution in [3.63, 3.8) is 0 Å². The van der Waals surface area contributed by atoms with Crippen LogP contribution in [0.3, 0.4) is 0 Å². The molecule has 1 rings (SSSR count). The quantitative estimate of drug-likeness (QED) is 0.585. The molecule has 0 aromatic heterocycles. The zero-order valence-electron chi connectivity index (χ0n) is 5.33. The maximum absolute atomic E-state index is 10.7.